The van der Waals surface area contributed by atoms with Gasteiger partial charge >= 0.3 is 0 Å². The molecule has 7 nitrogen and oxygen atoms in total. The van der Waals surface area contributed by atoms with Crippen LogP contribution in [0.5, 0.6) is 0 Å². The zero-order chi connectivity index (χ0) is 15.1. The van der Waals surface area contributed by atoms with E-state index in [1.807, 2.05) is 0 Å². The molecule has 1 fully saturated rings. The summed E-state index contributed by atoms with van der Waals surface area (Å²) >= 11 is 0. The van der Waals surface area contributed by atoms with Crippen LogP contribution in [0.25, 0.3) is 0 Å². The molecule has 0 bridgehead atoms. The van der Waals surface area contributed by atoms with Gasteiger partial charge in [-0.05, 0) is 32.7 Å². The van der Waals surface area contributed by atoms with Gasteiger partial charge in [0.25, 0.3) is 0 Å². The Kier molecular flexibility index (Phi) is 7.39. The summed E-state index contributed by atoms with van der Waals surface area (Å²) in [4.78, 5) is 11.2. The standard InChI is InChI=1S/C13H26N2O5/c1-8-11(17)12(18)10(15-9(2)16)13(20-8)19-7-5-3-4-6-14/h8,10-13,17-18H,3-7,14H2,1-2H3,(H,15,16). The number of rotatable bonds is 7. The molecule has 0 saturated carbocycles. The summed E-state index contributed by atoms with van der Waals surface area (Å²) in [5, 5.41) is 22.4. The van der Waals surface area contributed by atoms with Crippen molar-refractivity contribution in [3.8, 4) is 0 Å². The Morgan fingerprint density at radius 2 is 2.00 bits per heavy atom. The highest BCUT2D eigenvalue weighted by atomic mass is 16.7. The molecule has 1 aliphatic heterocycles. The molecule has 0 aromatic heterocycles. The molecule has 1 amide bonds. The third kappa shape index (κ3) is 4.99. The number of hydrogen-bond acceptors (Lipinski definition) is 6. The fourth-order valence-corrected chi connectivity index (χ4v) is 2.18. The van der Waals surface area contributed by atoms with Gasteiger partial charge < -0.3 is 30.7 Å². The van der Waals surface area contributed by atoms with Crippen molar-refractivity contribution >= 4 is 5.91 Å². The van der Waals surface area contributed by atoms with Crippen LogP contribution >= 0.6 is 0 Å². The number of aliphatic hydroxyl groups excluding tert-OH is 2. The zero-order valence-electron chi connectivity index (χ0n) is 12.1. The molecule has 1 heterocycles. The lowest BCUT2D eigenvalue weighted by Crippen LogP contribution is -2.63. The van der Waals surface area contributed by atoms with E-state index in [1.165, 1.54) is 6.92 Å². The van der Waals surface area contributed by atoms with Gasteiger partial charge in [-0.15, -0.1) is 0 Å². The molecule has 5 N–H and O–H groups in total. The lowest BCUT2D eigenvalue weighted by Gasteiger charge is -2.41. The van der Waals surface area contributed by atoms with Crippen LogP contribution in [0.15, 0.2) is 0 Å². The van der Waals surface area contributed by atoms with Crippen LogP contribution in [0.3, 0.4) is 0 Å². The minimum absolute atomic E-state index is 0.309. The first kappa shape index (κ1) is 17.3. The van der Waals surface area contributed by atoms with E-state index in [9.17, 15) is 15.0 Å². The minimum Gasteiger partial charge on any atom is -0.388 e. The molecular weight excluding hydrogens is 264 g/mol. The van der Waals surface area contributed by atoms with Gasteiger partial charge in [0, 0.05) is 13.5 Å². The highest BCUT2D eigenvalue weighted by Gasteiger charge is 2.43. The fraction of sp³-hybridized carbons (Fsp3) is 0.923. The molecule has 1 rings (SSSR count). The van der Waals surface area contributed by atoms with Gasteiger partial charge in [-0.3, -0.25) is 4.79 Å². The number of unbranched alkanes of at least 4 members (excludes halogenated alkanes) is 2. The Balaban J connectivity index is 2.52. The van der Waals surface area contributed by atoms with Crippen molar-refractivity contribution in [1.82, 2.24) is 5.32 Å². The van der Waals surface area contributed by atoms with Crippen molar-refractivity contribution in [3.63, 3.8) is 0 Å². The van der Waals surface area contributed by atoms with E-state index in [0.29, 0.717) is 13.2 Å². The van der Waals surface area contributed by atoms with Gasteiger partial charge in [-0.25, -0.2) is 0 Å². The maximum atomic E-state index is 11.2. The van der Waals surface area contributed by atoms with Crippen LogP contribution in [-0.2, 0) is 14.3 Å². The second-order valence-electron chi connectivity index (χ2n) is 5.14. The summed E-state index contributed by atoms with van der Waals surface area (Å²) in [5.74, 6) is -0.309. The van der Waals surface area contributed by atoms with E-state index in [4.69, 9.17) is 15.2 Å². The average molecular weight is 290 g/mol. The molecular formula is C13H26N2O5. The number of aliphatic hydroxyl groups is 2. The monoisotopic (exact) mass is 290 g/mol. The second kappa shape index (κ2) is 8.53. The van der Waals surface area contributed by atoms with Crippen LogP contribution in [-0.4, -0.2) is 59.9 Å². The Morgan fingerprint density at radius 1 is 1.30 bits per heavy atom. The molecule has 0 aliphatic carbocycles. The number of nitrogens with one attached hydrogen (secondary N) is 1. The van der Waals surface area contributed by atoms with Gasteiger partial charge in [0.2, 0.25) is 5.91 Å². The smallest absolute Gasteiger partial charge is 0.217 e. The molecule has 0 spiro atoms. The number of hydrogen-bond donors (Lipinski definition) is 4. The minimum atomic E-state index is -1.11. The molecule has 7 heteroatoms. The molecule has 118 valence electrons. The highest BCUT2D eigenvalue weighted by molar-refractivity contribution is 5.73. The van der Waals surface area contributed by atoms with Crippen LogP contribution in [0.4, 0.5) is 0 Å². The van der Waals surface area contributed by atoms with E-state index in [-0.39, 0.29) is 5.91 Å². The highest BCUT2D eigenvalue weighted by Crippen LogP contribution is 2.22. The number of amides is 1. The van der Waals surface area contributed by atoms with Gasteiger partial charge in [0.1, 0.15) is 18.2 Å². The van der Waals surface area contributed by atoms with Crippen LogP contribution < -0.4 is 11.1 Å². The Morgan fingerprint density at radius 3 is 2.60 bits per heavy atom. The Labute approximate surface area is 119 Å². The number of nitrogens with two attached hydrogens (primary N) is 1. The first-order chi connectivity index (χ1) is 9.47. The van der Waals surface area contributed by atoms with Gasteiger partial charge in [-0.2, -0.15) is 0 Å². The summed E-state index contributed by atoms with van der Waals surface area (Å²) in [7, 11) is 0. The van der Waals surface area contributed by atoms with Crippen LogP contribution in [0.1, 0.15) is 33.1 Å². The molecule has 5 atom stereocenters. The largest absolute Gasteiger partial charge is 0.388 e. The summed E-state index contributed by atoms with van der Waals surface area (Å²) in [6.07, 6.45) is -0.761. The first-order valence-electron chi connectivity index (χ1n) is 7.07. The van der Waals surface area contributed by atoms with E-state index < -0.39 is 30.6 Å². The van der Waals surface area contributed by atoms with Crippen molar-refractivity contribution in [2.75, 3.05) is 13.2 Å². The maximum Gasteiger partial charge on any atom is 0.217 e. The van der Waals surface area contributed by atoms with Crippen LogP contribution in [0, 0.1) is 0 Å². The predicted octanol–water partition coefficient (Wildman–Crippen LogP) is -0.897. The predicted molar refractivity (Wildman–Crippen MR) is 72.8 cm³/mol. The van der Waals surface area contributed by atoms with Crippen molar-refractivity contribution in [2.24, 2.45) is 5.73 Å². The number of ether oxygens (including phenoxy) is 2. The van der Waals surface area contributed by atoms with Crippen molar-refractivity contribution < 1.29 is 24.5 Å². The summed E-state index contributed by atoms with van der Waals surface area (Å²) in [6.45, 7) is 4.10. The normalized spacial score (nSPS) is 34.0. The first-order valence-corrected chi connectivity index (χ1v) is 7.07. The van der Waals surface area contributed by atoms with E-state index in [1.54, 1.807) is 6.92 Å². The van der Waals surface area contributed by atoms with Crippen molar-refractivity contribution in [3.05, 3.63) is 0 Å². The van der Waals surface area contributed by atoms with Gasteiger partial charge in [0.15, 0.2) is 6.29 Å². The molecule has 20 heavy (non-hydrogen) atoms. The topological polar surface area (TPSA) is 114 Å². The molecule has 0 aromatic carbocycles. The van der Waals surface area contributed by atoms with Crippen LogP contribution in [0.2, 0.25) is 0 Å². The Hall–Kier alpha value is -0.730. The summed E-state index contributed by atoms with van der Waals surface area (Å²) in [6, 6.07) is -0.770. The third-order valence-electron chi connectivity index (χ3n) is 3.34. The molecule has 1 aliphatic rings. The third-order valence-corrected chi connectivity index (χ3v) is 3.34. The summed E-state index contributed by atoms with van der Waals surface area (Å²) in [5.41, 5.74) is 5.41. The molecule has 5 unspecified atom stereocenters. The molecule has 0 aromatic rings. The van der Waals surface area contributed by atoms with Crippen molar-refractivity contribution in [1.29, 1.82) is 0 Å². The van der Waals surface area contributed by atoms with Gasteiger partial charge in [0.05, 0.1) is 6.10 Å². The van der Waals surface area contributed by atoms with E-state index >= 15 is 0 Å². The zero-order valence-corrected chi connectivity index (χ0v) is 12.1. The number of carbonyl (C=O) groups is 1. The SMILES string of the molecule is CC(=O)NC1C(OCCCCCN)OC(C)C(O)C1O. The average Bonchev–Trinajstić information content (AvgIpc) is 2.40. The Bertz CT molecular complexity index is 302. The maximum absolute atomic E-state index is 11.2. The lowest BCUT2D eigenvalue weighted by atomic mass is 9.97. The molecule has 0 radical (unpaired) electrons. The second-order valence-corrected chi connectivity index (χ2v) is 5.14. The quantitative estimate of drug-likeness (QED) is 0.452. The fourth-order valence-electron chi connectivity index (χ4n) is 2.18. The van der Waals surface area contributed by atoms with Crippen molar-refractivity contribution in [2.45, 2.75) is 63.8 Å². The number of carbonyl (C=O) groups excluding carboxylic acids is 1. The van der Waals surface area contributed by atoms with Gasteiger partial charge in [-0.1, -0.05) is 0 Å². The molecule has 1 saturated heterocycles. The van der Waals surface area contributed by atoms with E-state index in [0.717, 1.165) is 19.3 Å². The van der Waals surface area contributed by atoms with E-state index in [2.05, 4.69) is 5.32 Å². The summed E-state index contributed by atoms with van der Waals surface area (Å²) < 4.78 is 11.1. The lowest BCUT2D eigenvalue weighted by molar-refractivity contribution is -0.260.